The summed E-state index contributed by atoms with van der Waals surface area (Å²) in [6, 6.07) is 24.1. The first-order chi connectivity index (χ1) is 19.9. The minimum atomic E-state index is -0.487. The summed E-state index contributed by atoms with van der Waals surface area (Å²) in [7, 11) is 1.51. The molecular weight excluding hydrogens is 518 g/mol. The van der Waals surface area contributed by atoms with E-state index in [1.807, 2.05) is 0 Å². The van der Waals surface area contributed by atoms with Crippen molar-refractivity contribution in [3.05, 3.63) is 95.6 Å². The van der Waals surface area contributed by atoms with Gasteiger partial charge in [0.2, 0.25) is 0 Å². The van der Waals surface area contributed by atoms with Crippen LogP contribution in [0.2, 0.25) is 0 Å². The number of aromatic nitrogens is 1. The van der Waals surface area contributed by atoms with Crippen LogP contribution in [-0.2, 0) is 0 Å². The Kier molecular flexibility index (Phi) is 7.94. The van der Waals surface area contributed by atoms with Gasteiger partial charge in [-0.05, 0) is 66.9 Å². The lowest BCUT2D eigenvalue weighted by molar-refractivity contribution is 0.0708. The van der Waals surface area contributed by atoms with Crippen molar-refractivity contribution in [3.8, 4) is 40.0 Å². The van der Waals surface area contributed by atoms with Crippen LogP contribution in [0.25, 0.3) is 22.4 Å². The molecule has 41 heavy (non-hydrogen) atoms. The number of nitrogens with two attached hydrogens (primary N) is 1. The number of pyridine rings is 1. The molecule has 1 saturated heterocycles. The van der Waals surface area contributed by atoms with E-state index in [-0.39, 0.29) is 29.1 Å². The third-order valence-corrected chi connectivity index (χ3v) is 7.04. The molecule has 0 spiro atoms. The maximum absolute atomic E-state index is 13.3. The van der Waals surface area contributed by atoms with Crippen LogP contribution < -0.4 is 15.8 Å². The summed E-state index contributed by atoms with van der Waals surface area (Å²) in [5, 5.41) is 23.6. The molecule has 2 heterocycles. The Balaban J connectivity index is 1.61. The predicted octanol–water partition coefficient (Wildman–Crippen LogP) is 4.82. The Hall–Kier alpha value is -5.20. The molecule has 1 aliphatic rings. The summed E-state index contributed by atoms with van der Waals surface area (Å²) in [5.74, 6) is -0.104. The molecular formula is C32H29N5O4. The molecule has 1 aromatic heterocycles. The molecule has 9 nitrogen and oxygen atoms in total. The van der Waals surface area contributed by atoms with Crippen LogP contribution in [0.5, 0.6) is 11.5 Å². The minimum absolute atomic E-state index is 0.00824. The molecule has 5 rings (SSSR count). The number of rotatable bonds is 6. The number of phenolic OH excluding ortho intramolecular Hbond substituents is 1. The zero-order valence-corrected chi connectivity index (χ0v) is 22.5. The number of hydrogen-bond acceptors (Lipinski definition) is 7. The van der Waals surface area contributed by atoms with Crippen LogP contribution in [0, 0.1) is 11.3 Å². The number of phenols is 1. The van der Waals surface area contributed by atoms with Crippen LogP contribution in [0.4, 0.5) is 5.82 Å². The lowest BCUT2D eigenvalue weighted by atomic mass is 9.96. The van der Waals surface area contributed by atoms with E-state index >= 15 is 0 Å². The molecule has 0 bridgehead atoms. The van der Waals surface area contributed by atoms with Crippen LogP contribution >= 0.6 is 0 Å². The van der Waals surface area contributed by atoms with E-state index in [2.05, 4.69) is 16.4 Å². The molecule has 1 aliphatic heterocycles. The number of para-hydroxylation sites is 1. The number of carbonyl (C=O) groups is 2. The Morgan fingerprint density at radius 1 is 1.05 bits per heavy atom. The second-order valence-corrected chi connectivity index (χ2v) is 9.83. The first-order valence-corrected chi connectivity index (χ1v) is 13.2. The van der Waals surface area contributed by atoms with Crippen molar-refractivity contribution in [2.24, 2.45) is 5.73 Å². The zero-order chi connectivity index (χ0) is 28.9. The average Bonchev–Trinajstić information content (AvgIpc) is 3.00. The number of amides is 2. The number of anilines is 1. The normalized spacial score (nSPS) is 14.7. The standard InChI is InChI=1S/C32H29N5O4/c1-41-24-11-5-8-21(16-24)31(39)36-30-27(18-33)26(17-28(35-30)25-12-2-3-13-29(25)38)20-7-4-9-22(15-20)32(40)37-14-6-10-23(34)19-37/h2-5,7-9,11-13,15-17,23,38H,6,10,14,19,34H2,1H3,(H,35,36,39). The van der Waals surface area contributed by atoms with Gasteiger partial charge in [-0.1, -0.05) is 30.3 Å². The number of nitrogens with one attached hydrogen (secondary N) is 1. The van der Waals surface area contributed by atoms with E-state index < -0.39 is 5.91 Å². The van der Waals surface area contributed by atoms with E-state index in [0.717, 1.165) is 12.8 Å². The van der Waals surface area contributed by atoms with Gasteiger partial charge >= 0.3 is 0 Å². The first-order valence-electron chi connectivity index (χ1n) is 13.2. The largest absolute Gasteiger partial charge is 0.507 e. The van der Waals surface area contributed by atoms with Crippen molar-refractivity contribution in [2.75, 3.05) is 25.5 Å². The number of carbonyl (C=O) groups excluding carboxylic acids is 2. The van der Waals surface area contributed by atoms with E-state index in [1.165, 1.54) is 13.2 Å². The molecule has 4 N–H and O–H groups in total. The van der Waals surface area contributed by atoms with Gasteiger partial charge in [-0.25, -0.2) is 4.98 Å². The maximum atomic E-state index is 13.3. The number of aromatic hydroxyl groups is 1. The van der Waals surface area contributed by atoms with Crippen LogP contribution in [-0.4, -0.2) is 53.0 Å². The molecule has 4 aromatic rings. The highest BCUT2D eigenvalue weighted by atomic mass is 16.5. The molecule has 0 radical (unpaired) electrons. The second-order valence-electron chi connectivity index (χ2n) is 9.83. The molecule has 0 aliphatic carbocycles. The summed E-state index contributed by atoms with van der Waals surface area (Å²) < 4.78 is 5.23. The first kappa shape index (κ1) is 27.4. The summed E-state index contributed by atoms with van der Waals surface area (Å²) in [5.41, 5.74) is 8.80. The van der Waals surface area contributed by atoms with Crippen molar-refractivity contribution in [1.82, 2.24) is 9.88 Å². The number of nitrogens with zero attached hydrogens (tertiary/aromatic N) is 3. The van der Waals surface area contributed by atoms with Crippen molar-refractivity contribution in [1.29, 1.82) is 5.26 Å². The molecule has 1 fully saturated rings. The highest BCUT2D eigenvalue weighted by molar-refractivity contribution is 6.05. The summed E-state index contributed by atoms with van der Waals surface area (Å²) in [6.07, 6.45) is 1.72. The SMILES string of the molecule is COc1cccc(C(=O)Nc2nc(-c3ccccc3O)cc(-c3cccc(C(=O)N4CCCC(N)C4)c3)c2C#N)c1. The maximum Gasteiger partial charge on any atom is 0.256 e. The second kappa shape index (κ2) is 11.9. The van der Waals surface area contributed by atoms with Gasteiger partial charge < -0.3 is 25.8 Å². The van der Waals surface area contributed by atoms with Gasteiger partial charge in [-0.2, -0.15) is 5.26 Å². The van der Waals surface area contributed by atoms with Gasteiger partial charge in [-0.15, -0.1) is 0 Å². The molecule has 2 amide bonds. The van der Waals surface area contributed by atoms with Crippen molar-refractivity contribution in [3.63, 3.8) is 0 Å². The van der Waals surface area contributed by atoms with Gasteiger partial charge in [0.1, 0.15) is 23.1 Å². The number of piperidine rings is 1. The molecule has 1 atom stereocenters. The zero-order valence-electron chi connectivity index (χ0n) is 22.5. The van der Waals surface area contributed by atoms with Crippen LogP contribution in [0.15, 0.2) is 78.9 Å². The third kappa shape index (κ3) is 5.88. The third-order valence-electron chi connectivity index (χ3n) is 7.04. The number of methoxy groups -OCH3 is 1. The summed E-state index contributed by atoms with van der Waals surface area (Å²) in [6.45, 7) is 1.12. The quantitative estimate of drug-likeness (QED) is 0.314. The van der Waals surface area contributed by atoms with E-state index in [9.17, 15) is 20.0 Å². The fourth-order valence-corrected chi connectivity index (χ4v) is 4.95. The highest BCUT2D eigenvalue weighted by Crippen LogP contribution is 2.36. The molecule has 9 heteroatoms. The number of benzene rings is 3. The van der Waals surface area contributed by atoms with Gasteiger partial charge in [0.25, 0.3) is 11.8 Å². The van der Waals surface area contributed by atoms with Gasteiger partial charge in [0.05, 0.1) is 12.8 Å². The molecule has 206 valence electrons. The average molecular weight is 548 g/mol. The fourth-order valence-electron chi connectivity index (χ4n) is 4.95. The van der Waals surface area contributed by atoms with Crippen molar-refractivity contribution >= 4 is 17.6 Å². The Morgan fingerprint density at radius 3 is 2.59 bits per heavy atom. The molecule has 0 saturated carbocycles. The molecule has 1 unspecified atom stereocenters. The Labute approximate surface area is 237 Å². The van der Waals surface area contributed by atoms with Gasteiger partial charge in [0.15, 0.2) is 5.82 Å². The Bertz CT molecular complexity index is 1660. The minimum Gasteiger partial charge on any atom is -0.507 e. The highest BCUT2D eigenvalue weighted by Gasteiger charge is 2.24. The van der Waals surface area contributed by atoms with Gasteiger partial charge in [-0.3, -0.25) is 9.59 Å². The number of nitriles is 1. The lowest BCUT2D eigenvalue weighted by Crippen LogP contribution is -2.45. The van der Waals surface area contributed by atoms with Crippen molar-refractivity contribution in [2.45, 2.75) is 18.9 Å². The molecule has 3 aromatic carbocycles. The lowest BCUT2D eigenvalue weighted by Gasteiger charge is -2.31. The van der Waals surface area contributed by atoms with E-state index in [1.54, 1.807) is 77.7 Å². The topological polar surface area (TPSA) is 142 Å². The number of ether oxygens (including phenoxy) is 1. The summed E-state index contributed by atoms with van der Waals surface area (Å²) in [4.78, 5) is 32.9. The predicted molar refractivity (Wildman–Crippen MR) is 156 cm³/mol. The van der Waals surface area contributed by atoms with Crippen LogP contribution in [0.1, 0.15) is 39.1 Å². The fraction of sp³-hybridized carbons (Fsp3) is 0.188. The number of likely N-dealkylation sites (tertiary alicyclic amines) is 1. The monoisotopic (exact) mass is 547 g/mol. The smallest absolute Gasteiger partial charge is 0.256 e. The van der Waals surface area contributed by atoms with Crippen LogP contribution in [0.3, 0.4) is 0 Å². The Morgan fingerprint density at radius 2 is 1.83 bits per heavy atom. The summed E-state index contributed by atoms with van der Waals surface area (Å²) >= 11 is 0. The van der Waals surface area contributed by atoms with E-state index in [4.69, 9.17) is 10.5 Å². The number of hydrogen-bond donors (Lipinski definition) is 3. The van der Waals surface area contributed by atoms with E-state index in [0.29, 0.717) is 52.4 Å². The van der Waals surface area contributed by atoms with Gasteiger partial charge in [0, 0.05) is 41.4 Å². The van der Waals surface area contributed by atoms with Crippen molar-refractivity contribution < 1.29 is 19.4 Å².